The molecule has 86 valence electrons. The van der Waals surface area contributed by atoms with Gasteiger partial charge in [-0.2, -0.15) is 0 Å². The Kier molecular flexibility index (Phi) is 3.44. The van der Waals surface area contributed by atoms with E-state index in [9.17, 15) is 4.79 Å². The van der Waals surface area contributed by atoms with Gasteiger partial charge in [0, 0.05) is 10.5 Å². The van der Waals surface area contributed by atoms with Gasteiger partial charge in [0.15, 0.2) is 0 Å². The van der Waals surface area contributed by atoms with Crippen LogP contribution in [0.5, 0.6) is 0 Å². The molecule has 0 unspecified atom stereocenters. The van der Waals surface area contributed by atoms with Crippen LogP contribution in [0, 0.1) is 0 Å². The predicted octanol–water partition coefficient (Wildman–Crippen LogP) is 3.17. The fourth-order valence-corrected chi connectivity index (χ4v) is 1.88. The van der Waals surface area contributed by atoms with E-state index in [1.54, 1.807) is 23.9 Å². The quantitative estimate of drug-likeness (QED) is 0.844. The van der Waals surface area contributed by atoms with Gasteiger partial charge in [-0.3, -0.25) is 0 Å². The Bertz CT molecular complexity index is 537. The molecule has 4 heteroatoms. The standard InChI is InChI=1S/C13H11NO2S/c1-17-10-7-5-9(6-8-10)11-3-2-4-12(14-11)13(15)16/h2-8H,1H3,(H,15,16). The molecule has 0 fully saturated rings. The lowest BCUT2D eigenvalue weighted by molar-refractivity contribution is 0.0690. The molecule has 0 radical (unpaired) electrons. The van der Waals surface area contributed by atoms with Crippen molar-refractivity contribution in [3.05, 3.63) is 48.2 Å². The zero-order valence-electron chi connectivity index (χ0n) is 9.25. The van der Waals surface area contributed by atoms with E-state index >= 15 is 0 Å². The molecule has 1 aromatic carbocycles. The lowest BCUT2D eigenvalue weighted by atomic mass is 10.1. The lowest BCUT2D eigenvalue weighted by Crippen LogP contribution is -2.00. The minimum atomic E-state index is -1.01. The summed E-state index contributed by atoms with van der Waals surface area (Å²) in [6.07, 6.45) is 2.01. The first-order valence-corrected chi connectivity index (χ1v) is 6.28. The molecule has 0 bridgehead atoms. The van der Waals surface area contributed by atoms with E-state index in [0.29, 0.717) is 5.69 Å². The Labute approximate surface area is 104 Å². The van der Waals surface area contributed by atoms with Gasteiger partial charge in [-0.05, 0) is 30.5 Å². The zero-order valence-corrected chi connectivity index (χ0v) is 10.1. The summed E-state index contributed by atoms with van der Waals surface area (Å²) >= 11 is 1.67. The van der Waals surface area contributed by atoms with E-state index in [-0.39, 0.29) is 5.69 Å². The maximum atomic E-state index is 10.8. The molecule has 2 aromatic rings. The lowest BCUT2D eigenvalue weighted by Gasteiger charge is -2.03. The highest BCUT2D eigenvalue weighted by molar-refractivity contribution is 7.98. The minimum Gasteiger partial charge on any atom is -0.477 e. The first-order chi connectivity index (χ1) is 8.20. The Morgan fingerprint density at radius 1 is 1.18 bits per heavy atom. The molecule has 0 saturated heterocycles. The van der Waals surface area contributed by atoms with Crippen LogP contribution in [0.15, 0.2) is 47.4 Å². The topological polar surface area (TPSA) is 50.2 Å². The molecule has 0 aliphatic rings. The second-order valence-electron chi connectivity index (χ2n) is 3.44. The fourth-order valence-electron chi connectivity index (χ4n) is 1.48. The average Bonchev–Trinajstić information content (AvgIpc) is 2.39. The van der Waals surface area contributed by atoms with Crippen molar-refractivity contribution in [2.24, 2.45) is 0 Å². The Hall–Kier alpha value is -1.81. The summed E-state index contributed by atoms with van der Waals surface area (Å²) in [6.45, 7) is 0. The molecule has 0 aliphatic carbocycles. The van der Waals surface area contributed by atoms with E-state index in [0.717, 1.165) is 5.56 Å². The Morgan fingerprint density at radius 2 is 1.88 bits per heavy atom. The van der Waals surface area contributed by atoms with Crippen LogP contribution in [0.4, 0.5) is 0 Å². The third-order valence-electron chi connectivity index (χ3n) is 2.35. The number of aromatic nitrogens is 1. The van der Waals surface area contributed by atoms with Gasteiger partial charge in [0.05, 0.1) is 5.69 Å². The normalized spacial score (nSPS) is 10.2. The van der Waals surface area contributed by atoms with E-state index < -0.39 is 5.97 Å². The van der Waals surface area contributed by atoms with Gasteiger partial charge in [0.2, 0.25) is 0 Å². The number of pyridine rings is 1. The summed E-state index contributed by atoms with van der Waals surface area (Å²) in [5.74, 6) is -1.01. The first kappa shape index (κ1) is 11.7. The molecule has 0 aliphatic heterocycles. The van der Waals surface area contributed by atoms with Gasteiger partial charge in [-0.1, -0.05) is 18.2 Å². The second kappa shape index (κ2) is 5.01. The summed E-state index contributed by atoms with van der Waals surface area (Å²) in [5.41, 5.74) is 1.67. The molecule has 1 heterocycles. The molecular weight excluding hydrogens is 234 g/mol. The molecule has 3 nitrogen and oxygen atoms in total. The smallest absolute Gasteiger partial charge is 0.354 e. The van der Waals surface area contributed by atoms with Crippen LogP contribution < -0.4 is 0 Å². The number of rotatable bonds is 3. The molecule has 1 aromatic heterocycles. The molecule has 0 saturated carbocycles. The molecule has 2 rings (SSSR count). The third kappa shape index (κ3) is 2.65. The molecule has 0 atom stereocenters. The van der Waals surface area contributed by atoms with Crippen molar-refractivity contribution in [2.45, 2.75) is 4.90 Å². The van der Waals surface area contributed by atoms with Crippen LogP contribution >= 0.6 is 11.8 Å². The number of nitrogens with zero attached hydrogens (tertiary/aromatic N) is 1. The van der Waals surface area contributed by atoms with Crippen LogP contribution in [-0.2, 0) is 0 Å². The fraction of sp³-hybridized carbons (Fsp3) is 0.0769. The monoisotopic (exact) mass is 245 g/mol. The zero-order chi connectivity index (χ0) is 12.3. The largest absolute Gasteiger partial charge is 0.477 e. The summed E-state index contributed by atoms with van der Waals surface area (Å²) < 4.78 is 0. The minimum absolute atomic E-state index is 0.0662. The van der Waals surface area contributed by atoms with Gasteiger partial charge in [0.25, 0.3) is 0 Å². The Morgan fingerprint density at radius 3 is 2.47 bits per heavy atom. The number of carbonyl (C=O) groups is 1. The maximum absolute atomic E-state index is 10.8. The number of thioether (sulfide) groups is 1. The van der Waals surface area contributed by atoms with Gasteiger partial charge in [0.1, 0.15) is 5.69 Å². The SMILES string of the molecule is CSc1ccc(-c2cccc(C(=O)O)n2)cc1. The summed E-state index contributed by atoms with van der Waals surface area (Å²) in [4.78, 5) is 16.1. The van der Waals surface area contributed by atoms with E-state index in [1.807, 2.05) is 30.5 Å². The number of hydrogen-bond donors (Lipinski definition) is 1. The van der Waals surface area contributed by atoms with Crippen LogP contribution in [0.3, 0.4) is 0 Å². The van der Waals surface area contributed by atoms with Gasteiger partial charge >= 0.3 is 5.97 Å². The maximum Gasteiger partial charge on any atom is 0.354 e. The highest BCUT2D eigenvalue weighted by atomic mass is 32.2. The average molecular weight is 245 g/mol. The van der Waals surface area contributed by atoms with Crippen molar-refractivity contribution in [3.8, 4) is 11.3 Å². The Balaban J connectivity index is 2.38. The first-order valence-electron chi connectivity index (χ1n) is 5.05. The van der Waals surface area contributed by atoms with Crippen molar-refractivity contribution in [2.75, 3.05) is 6.26 Å². The van der Waals surface area contributed by atoms with Crippen molar-refractivity contribution in [1.29, 1.82) is 0 Å². The number of carboxylic acids is 1. The number of carboxylic acid groups (broad SMARTS) is 1. The second-order valence-corrected chi connectivity index (χ2v) is 4.32. The van der Waals surface area contributed by atoms with Crippen molar-refractivity contribution >= 4 is 17.7 Å². The molecule has 0 spiro atoms. The molecule has 1 N–H and O–H groups in total. The number of aromatic carboxylic acids is 1. The van der Waals surface area contributed by atoms with Crippen LogP contribution in [0.2, 0.25) is 0 Å². The van der Waals surface area contributed by atoms with E-state index in [4.69, 9.17) is 5.11 Å². The van der Waals surface area contributed by atoms with Gasteiger partial charge < -0.3 is 5.11 Å². The molecule has 0 amide bonds. The van der Waals surface area contributed by atoms with E-state index in [2.05, 4.69) is 4.98 Å². The highest BCUT2D eigenvalue weighted by Gasteiger charge is 2.06. The van der Waals surface area contributed by atoms with Crippen LogP contribution in [0.25, 0.3) is 11.3 Å². The van der Waals surface area contributed by atoms with Gasteiger partial charge in [-0.15, -0.1) is 11.8 Å². The van der Waals surface area contributed by atoms with Crippen LogP contribution in [0.1, 0.15) is 10.5 Å². The number of hydrogen-bond acceptors (Lipinski definition) is 3. The molecule has 17 heavy (non-hydrogen) atoms. The van der Waals surface area contributed by atoms with E-state index in [1.165, 1.54) is 11.0 Å². The van der Waals surface area contributed by atoms with Crippen molar-refractivity contribution in [3.63, 3.8) is 0 Å². The summed E-state index contributed by atoms with van der Waals surface area (Å²) in [5, 5.41) is 8.87. The van der Waals surface area contributed by atoms with Crippen LogP contribution in [-0.4, -0.2) is 22.3 Å². The predicted molar refractivity (Wildman–Crippen MR) is 68.4 cm³/mol. The number of benzene rings is 1. The third-order valence-corrected chi connectivity index (χ3v) is 3.10. The highest BCUT2D eigenvalue weighted by Crippen LogP contribution is 2.21. The summed E-state index contributed by atoms with van der Waals surface area (Å²) in [7, 11) is 0. The summed E-state index contributed by atoms with van der Waals surface area (Å²) in [6, 6.07) is 12.9. The van der Waals surface area contributed by atoms with Gasteiger partial charge in [-0.25, -0.2) is 9.78 Å². The molecular formula is C13H11NO2S. The van der Waals surface area contributed by atoms with Crippen molar-refractivity contribution in [1.82, 2.24) is 4.98 Å². The van der Waals surface area contributed by atoms with Crippen molar-refractivity contribution < 1.29 is 9.90 Å².